The maximum atomic E-state index is 12.8. The summed E-state index contributed by atoms with van der Waals surface area (Å²) in [7, 11) is -0.471. The van der Waals surface area contributed by atoms with Gasteiger partial charge in [0.15, 0.2) is 0 Å². The van der Waals surface area contributed by atoms with Crippen molar-refractivity contribution in [3.05, 3.63) is 30.3 Å². The summed E-state index contributed by atoms with van der Waals surface area (Å²) in [6.07, 6.45) is 4.52. The van der Waals surface area contributed by atoms with Crippen LogP contribution in [0.3, 0.4) is 0 Å². The fraction of sp³-hybridized carbons (Fsp3) is 0.500. The Morgan fingerprint density at radius 2 is 1.80 bits per heavy atom. The summed E-state index contributed by atoms with van der Waals surface area (Å²) in [4.78, 5) is 0.902. The lowest BCUT2D eigenvalue weighted by Gasteiger charge is -2.16. The molecule has 0 aliphatic heterocycles. The second kappa shape index (κ2) is 4.35. The Morgan fingerprint density at radius 3 is 2.33 bits per heavy atom. The summed E-state index contributed by atoms with van der Waals surface area (Å²) in [6.45, 7) is 0. The molecule has 15 heavy (non-hydrogen) atoms. The lowest BCUT2D eigenvalue weighted by Crippen LogP contribution is -2.17. The highest BCUT2D eigenvalue weighted by molar-refractivity contribution is 7.94. The molecule has 1 fully saturated rings. The zero-order valence-electron chi connectivity index (χ0n) is 9.06. The fourth-order valence-electron chi connectivity index (χ4n) is 2.27. The van der Waals surface area contributed by atoms with Crippen LogP contribution in [-0.2, 0) is 9.73 Å². The second-order valence-corrected chi connectivity index (χ2v) is 6.61. The van der Waals surface area contributed by atoms with Gasteiger partial charge in [0.25, 0.3) is 0 Å². The third-order valence-electron chi connectivity index (χ3n) is 3.11. The first-order valence-electron chi connectivity index (χ1n) is 5.46. The standard InChI is InChI=1S/C12H17NOS/c1-13-15(14,12-9-5-6-10-12)11-7-3-2-4-8-11/h2-4,7-8,12H,5-6,9-10H2,1H3. The van der Waals surface area contributed by atoms with Crippen LogP contribution in [0.15, 0.2) is 39.6 Å². The summed E-state index contributed by atoms with van der Waals surface area (Å²) < 4.78 is 17.0. The molecule has 0 spiro atoms. The number of rotatable bonds is 2. The third kappa shape index (κ3) is 1.93. The summed E-state index contributed by atoms with van der Waals surface area (Å²) in [5.41, 5.74) is 0. The van der Waals surface area contributed by atoms with Crippen LogP contribution in [0, 0.1) is 0 Å². The maximum Gasteiger partial charge on any atom is 0.0778 e. The first-order valence-corrected chi connectivity index (χ1v) is 7.04. The zero-order chi connectivity index (χ0) is 10.7. The van der Waals surface area contributed by atoms with Gasteiger partial charge in [-0.05, 0) is 25.0 Å². The average molecular weight is 223 g/mol. The Labute approximate surface area is 91.9 Å². The van der Waals surface area contributed by atoms with Gasteiger partial charge in [-0.3, -0.25) is 0 Å². The maximum absolute atomic E-state index is 12.8. The van der Waals surface area contributed by atoms with E-state index in [0.717, 1.165) is 17.7 Å². The van der Waals surface area contributed by atoms with E-state index in [2.05, 4.69) is 4.36 Å². The molecule has 1 unspecified atom stereocenters. The molecule has 0 bridgehead atoms. The van der Waals surface area contributed by atoms with Crippen LogP contribution in [0.4, 0.5) is 0 Å². The van der Waals surface area contributed by atoms with Crippen molar-refractivity contribution >= 4 is 9.73 Å². The van der Waals surface area contributed by atoms with E-state index in [0.29, 0.717) is 0 Å². The molecule has 1 aromatic carbocycles. The van der Waals surface area contributed by atoms with Crippen molar-refractivity contribution < 1.29 is 4.21 Å². The van der Waals surface area contributed by atoms with Crippen molar-refractivity contribution in [3.8, 4) is 0 Å². The van der Waals surface area contributed by atoms with Crippen molar-refractivity contribution in [2.24, 2.45) is 4.36 Å². The predicted octanol–water partition coefficient (Wildman–Crippen LogP) is 3.09. The Morgan fingerprint density at radius 1 is 1.20 bits per heavy atom. The SMILES string of the molecule is CN=S(=O)(c1ccccc1)C1CCCC1. The Bertz CT molecular complexity index is 426. The van der Waals surface area contributed by atoms with E-state index in [4.69, 9.17) is 0 Å². The monoisotopic (exact) mass is 223 g/mol. The highest BCUT2D eigenvalue weighted by Crippen LogP contribution is 2.30. The van der Waals surface area contributed by atoms with Crippen LogP contribution in [-0.4, -0.2) is 16.5 Å². The van der Waals surface area contributed by atoms with E-state index in [1.165, 1.54) is 12.8 Å². The van der Waals surface area contributed by atoms with Gasteiger partial charge < -0.3 is 0 Å². The molecule has 2 nitrogen and oxygen atoms in total. The first-order chi connectivity index (χ1) is 7.27. The fourth-order valence-corrected chi connectivity index (χ4v) is 4.68. The number of hydrogen-bond donors (Lipinski definition) is 0. The zero-order valence-corrected chi connectivity index (χ0v) is 9.87. The number of hydrogen-bond acceptors (Lipinski definition) is 2. The van der Waals surface area contributed by atoms with E-state index < -0.39 is 9.73 Å². The Kier molecular flexibility index (Phi) is 3.10. The topological polar surface area (TPSA) is 29.4 Å². The van der Waals surface area contributed by atoms with Crippen molar-refractivity contribution in [2.75, 3.05) is 7.05 Å². The van der Waals surface area contributed by atoms with Crippen LogP contribution in [0.2, 0.25) is 0 Å². The second-order valence-electron chi connectivity index (χ2n) is 3.97. The number of benzene rings is 1. The summed E-state index contributed by atoms with van der Waals surface area (Å²) in [5, 5.41) is 0.268. The van der Waals surface area contributed by atoms with Crippen molar-refractivity contribution in [3.63, 3.8) is 0 Å². The first kappa shape index (κ1) is 10.7. The van der Waals surface area contributed by atoms with Gasteiger partial charge in [-0.15, -0.1) is 0 Å². The van der Waals surface area contributed by atoms with E-state index in [1.54, 1.807) is 7.05 Å². The molecule has 0 saturated heterocycles. The smallest absolute Gasteiger partial charge is 0.0778 e. The average Bonchev–Trinajstić information content (AvgIpc) is 2.83. The molecule has 1 saturated carbocycles. The molecular weight excluding hydrogens is 206 g/mol. The van der Waals surface area contributed by atoms with Crippen LogP contribution in [0.25, 0.3) is 0 Å². The largest absolute Gasteiger partial charge is 0.244 e. The lowest BCUT2D eigenvalue weighted by molar-refractivity contribution is 0.660. The molecule has 1 aliphatic rings. The quantitative estimate of drug-likeness (QED) is 0.757. The molecule has 1 aromatic rings. The van der Waals surface area contributed by atoms with Crippen LogP contribution < -0.4 is 0 Å². The van der Waals surface area contributed by atoms with E-state index in [-0.39, 0.29) is 5.25 Å². The molecule has 2 rings (SSSR count). The molecule has 1 aliphatic carbocycles. The van der Waals surface area contributed by atoms with Gasteiger partial charge in [-0.1, -0.05) is 31.0 Å². The normalized spacial score (nSPS) is 21.1. The summed E-state index contributed by atoms with van der Waals surface area (Å²) in [6, 6.07) is 9.71. The van der Waals surface area contributed by atoms with Crippen LogP contribution in [0.5, 0.6) is 0 Å². The minimum atomic E-state index is -2.16. The van der Waals surface area contributed by atoms with Gasteiger partial charge >= 0.3 is 0 Å². The third-order valence-corrected chi connectivity index (χ3v) is 5.97. The highest BCUT2D eigenvalue weighted by Gasteiger charge is 2.27. The van der Waals surface area contributed by atoms with E-state index >= 15 is 0 Å². The highest BCUT2D eigenvalue weighted by atomic mass is 32.2. The van der Waals surface area contributed by atoms with Crippen molar-refractivity contribution in [2.45, 2.75) is 35.8 Å². The van der Waals surface area contributed by atoms with Gasteiger partial charge in [0.1, 0.15) is 0 Å². The van der Waals surface area contributed by atoms with Gasteiger partial charge in [-0.25, -0.2) is 8.57 Å². The molecular formula is C12H17NOS. The molecule has 82 valence electrons. The van der Waals surface area contributed by atoms with Crippen molar-refractivity contribution in [1.82, 2.24) is 0 Å². The Hall–Kier alpha value is -0.830. The van der Waals surface area contributed by atoms with Gasteiger partial charge in [-0.2, -0.15) is 0 Å². The van der Waals surface area contributed by atoms with Gasteiger partial charge in [0.05, 0.1) is 9.73 Å². The lowest BCUT2D eigenvalue weighted by atomic mass is 10.4. The molecule has 0 radical (unpaired) electrons. The van der Waals surface area contributed by atoms with Crippen LogP contribution >= 0.6 is 0 Å². The summed E-state index contributed by atoms with van der Waals surface area (Å²) >= 11 is 0. The minimum absolute atomic E-state index is 0.268. The molecule has 0 aromatic heterocycles. The summed E-state index contributed by atoms with van der Waals surface area (Å²) in [5.74, 6) is 0. The predicted molar refractivity (Wildman–Crippen MR) is 63.5 cm³/mol. The molecule has 1 atom stereocenters. The van der Waals surface area contributed by atoms with E-state index in [9.17, 15) is 4.21 Å². The molecule has 0 amide bonds. The Balaban J connectivity index is 2.43. The van der Waals surface area contributed by atoms with Gasteiger partial charge in [0, 0.05) is 17.2 Å². The molecule has 0 N–H and O–H groups in total. The molecule has 0 heterocycles. The molecule has 3 heteroatoms. The van der Waals surface area contributed by atoms with Crippen molar-refractivity contribution in [1.29, 1.82) is 0 Å². The van der Waals surface area contributed by atoms with Gasteiger partial charge in [0.2, 0.25) is 0 Å². The van der Waals surface area contributed by atoms with E-state index in [1.807, 2.05) is 30.3 Å². The van der Waals surface area contributed by atoms with Crippen LogP contribution in [0.1, 0.15) is 25.7 Å². The number of nitrogens with zero attached hydrogens (tertiary/aromatic N) is 1. The minimum Gasteiger partial charge on any atom is -0.244 e.